The molecule has 0 unspecified atom stereocenters. The van der Waals surface area contributed by atoms with Crippen molar-refractivity contribution in [3.05, 3.63) is 23.5 Å². The predicted molar refractivity (Wildman–Crippen MR) is 72.0 cm³/mol. The summed E-state index contributed by atoms with van der Waals surface area (Å²) >= 11 is 0. The van der Waals surface area contributed by atoms with Gasteiger partial charge in [-0.2, -0.15) is 0 Å². The van der Waals surface area contributed by atoms with Crippen molar-refractivity contribution in [3.63, 3.8) is 0 Å². The van der Waals surface area contributed by atoms with E-state index in [0.717, 1.165) is 36.6 Å². The van der Waals surface area contributed by atoms with E-state index >= 15 is 0 Å². The number of hydrogen-bond donors (Lipinski definition) is 1. The molecule has 0 saturated heterocycles. The van der Waals surface area contributed by atoms with Gasteiger partial charge in [-0.15, -0.1) is 0 Å². The van der Waals surface area contributed by atoms with Gasteiger partial charge in [0.05, 0.1) is 33.5 Å². The summed E-state index contributed by atoms with van der Waals surface area (Å²) in [7, 11) is 5.94. The Labute approximate surface area is 105 Å². The molecule has 1 N–H and O–H groups in total. The lowest BCUT2D eigenvalue weighted by Crippen LogP contribution is -2.46. The Hall–Kier alpha value is -1.09. The molecular formula is C14H25N2O+. The molecule has 96 valence electrons. The standard InChI is InChI=1S/C14H25N2O/c1-5-6-11-16(2,3)14(15)12-7-9-13(17-4)10-8-12/h7,9,15H,5-6,8,10-11H2,1-4H3/q+1. The molecule has 0 aliphatic heterocycles. The molecule has 3 heteroatoms. The van der Waals surface area contributed by atoms with Crippen LogP contribution in [0.5, 0.6) is 0 Å². The number of nitrogens with one attached hydrogen (secondary N) is 1. The first-order valence-electron chi connectivity index (χ1n) is 6.37. The van der Waals surface area contributed by atoms with Gasteiger partial charge in [-0.3, -0.25) is 9.89 Å². The van der Waals surface area contributed by atoms with Crippen molar-refractivity contribution in [1.82, 2.24) is 0 Å². The SMILES string of the molecule is CCCC[N+](C)(C)C(=N)C1=CC=C(OC)CC1. The molecule has 0 saturated carbocycles. The fraction of sp³-hybridized carbons (Fsp3) is 0.643. The molecule has 0 spiro atoms. The van der Waals surface area contributed by atoms with Crippen LogP contribution in [0.4, 0.5) is 0 Å². The van der Waals surface area contributed by atoms with Crippen LogP contribution in [-0.2, 0) is 4.74 Å². The molecule has 0 radical (unpaired) electrons. The average Bonchev–Trinajstić information content (AvgIpc) is 2.35. The number of allylic oxidation sites excluding steroid dienone is 3. The first-order chi connectivity index (χ1) is 8.01. The van der Waals surface area contributed by atoms with E-state index in [9.17, 15) is 0 Å². The van der Waals surface area contributed by atoms with Gasteiger partial charge in [0.25, 0.3) is 0 Å². The minimum Gasteiger partial charge on any atom is -0.501 e. The third kappa shape index (κ3) is 3.70. The number of methoxy groups -OCH3 is 1. The largest absolute Gasteiger partial charge is 0.501 e. The van der Waals surface area contributed by atoms with Gasteiger partial charge < -0.3 is 4.74 Å². The van der Waals surface area contributed by atoms with E-state index in [1.165, 1.54) is 12.8 Å². The fourth-order valence-corrected chi connectivity index (χ4v) is 2.04. The molecule has 0 amide bonds. The zero-order valence-electron chi connectivity index (χ0n) is 11.5. The van der Waals surface area contributed by atoms with Crippen LogP contribution in [0.1, 0.15) is 32.6 Å². The molecule has 0 aromatic rings. The zero-order chi connectivity index (χ0) is 12.9. The minimum absolute atomic E-state index is 0.676. The third-order valence-corrected chi connectivity index (χ3v) is 3.35. The Bertz CT molecular complexity index is 340. The molecule has 0 aromatic carbocycles. The molecular weight excluding hydrogens is 212 g/mol. The van der Waals surface area contributed by atoms with Crippen LogP contribution in [0.2, 0.25) is 0 Å². The maximum absolute atomic E-state index is 8.32. The van der Waals surface area contributed by atoms with Gasteiger partial charge in [0, 0.05) is 12.0 Å². The topological polar surface area (TPSA) is 33.1 Å². The fourth-order valence-electron chi connectivity index (χ4n) is 2.04. The normalized spacial score (nSPS) is 16.2. The summed E-state index contributed by atoms with van der Waals surface area (Å²) in [6.45, 7) is 3.23. The second-order valence-corrected chi connectivity index (χ2v) is 5.14. The van der Waals surface area contributed by atoms with Gasteiger partial charge in [0.1, 0.15) is 0 Å². The number of unbranched alkanes of at least 4 members (excludes halogenated alkanes) is 1. The maximum Gasteiger partial charge on any atom is 0.222 e. The van der Waals surface area contributed by atoms with Crippen LogP contribution in [0.3, 0.4) is 0 Å². The van der Waals surface area contributed by atoms with Gasteiger partial charge in [0.2, 0.25) is 5.84 Å². The van der Waals surface area contributed by atoms with Crippen molar-refractivity contribution in [3.8, 4) is 0 Å². The van der Waals surface area contributed by atoms with E-state index in [1.54, 1.807) is 7.11 Å². The van der Waals surface area contributed by atoms with Crippen LogP contribution in [0.25, 0.3) is 0 Å². The van der Waals surface area contributed by atoms with Crippen LogP contribution in [0.15, 0.2) is 23.5 Å². The lowest BCUT2D eigenvalue weighted by molar-refractivity contribution is -0.799. The highest BCUT2D eigenvalue weighted by molar-refractivity contribution is 5.90. The smallest absolute Gasteiger partial charge is 0.222 e. The maximum atomic E-state index is 8.32. The molecule has 17 heavy (non-hydrogen) atoms. The van der Waals surface area contributed by atoms with Crippen LogP contribution >= 0.6 is 0 Å². The molecule has 1 aliphatic rings. The summed E-state index contributed by atoms with van der Waals surface area (Å²) < 4.78 is 5.89. The molecule has 0 heterocycles. The van der Waals surface area contributed by atoms with E-state index in [2.05, 4.69) is 21.0 Å². The summed E-state index contributed by atoms with van der Waals surface area (Å²) in [6.07, 6.45) is 8.22. The number of quaternary nitrogens is 1. The Morgan fingerprint density at radius 3 is 2.53 bits per heavy atom. The highest BCUT2D eigenvalue weighted by Crippen LogP contribution is 2.22. The van der Waals surface area contributed by atoms with Crippen LogP contribution < -0.4 is 0 Å². The van der Waals surface area contributed by atoms with Crippen molar-refractivity contribution in [2.24, 2.45) is 0 Å². The average molecular weight is 237 g/mol. The number of rotatable bonds is 5. The first kappa shape index (κ1) is 14.0. The Kier molecular flexibility index (Phi) is 4.94. The summed E-state index contributed by atoms with van der Waals surface area (Å²) in [5.41, 5.74) is 1.15. The van der Waals surface area contributed by atoms with Crippen LogP contribution in [0, 0.1) is 5.41 Å². The number of nitrogens with zero attached hydrogens (tertiary/aromatic N) is 1. The van der Waals surface area contributed by atoms with Crippen molar-refractivity contribution in [2.45, 2.75) is 32.6 Å². The van der Waals surface area contributed by atoms with Gasteiger partial charge in [0.15, 0.2) is 0 Å². The lowest BCUT2D eigenvalue weighted by Gasteiger charge is -2.31. The number of likely N-dealkylation sites (N-methyl/N-ethyl adjacent to an activating group) is 1. The number of ether oxygens (including phenoxy) is 1. The van der Waals surface area contributed by atoms with Crippen molar-refractivity contribution >= 4 is 5.84 Å². The second-order valence-electron chi connectivity index (χ2n) is 5.14. The van der Waals surface area contributed by atoms with E-state index in [1.807, 2.05) is 12.2 Å². The van der Waals surface area contributed by atoms with Gasteiger partial charge >= 0.3 is 0 Å². The molecule has 0 bridgehead atoms. The Balaban J connectivity index is 2.70. The van der Waals surface area contributed by atoms with E-state index in [4.69, 9.17) is 10.1 Å². The van der Waals surface area contributed by atoms with Crippen molar-refractivity contribution in [1.29, 1.82) is 5.41 Å². The summed E-state index contributed by atoms with van der Waals surface area (Å²) in [4.78, 5) is 0. The lowest BCUT2D eigenvalue weighted by atomic mass is 10.0. The Morgan fingerprint density at radius 2 is 2.06 bits per heavy atom. The van der Waals surface area contributed by atoms with Gasteiger partial charge in [-0.1, -0.05) is 13.3 Å². The van der Waals surface area contributed by atoms with Crippen molar-refractivity contribution in [2.75, 3.05) is 27.7 Å². The third-order valence-electron chi connectivity index (χ3n) is 3.35. The van der Waals surface area contributed by atoms with Crippen LogP contribution in [-0.4, -0.2) is 38.1 Å². The predicted octanol–water partition coefficient (Wildman–Crippen LogP) is 3.09. The van der Waals surface area contributed by atoms with Crippen molar-refractivity contribution < 1.29 is 9.22 Å². The Morgan fingerprint density at radius 1 is 1.35 bits per heavy atom. The molecule has 1 aliphatic carbocycles. The summed E-state index contributed by atoms with van der Waals surface area (Å²) in [5.74, 6) is 1.75. The summed E-state index contributed by atoms with van der Waals surface area (Å²) in [5, 5.41) is 8.32. The molecule has 1 rings (SSSR count). The molecule has 0 fully saturated rings. The highest BCUT2D eigenvalue weighted by atomic mass is 16.5. The number of amidine groups is 1. The van der Waals surface area contributed by atoms with Gasteiger partial charge in [-0.25, -0.2) is 0 Å². The van der Waals surface area contributed by atoms with E-state index in [0.29, 0.717) is 4.48 Å². The summed E-state index contributed by atoms with van der Waals surface area (Å²) in [6, 6.07) is 0. The van der Waals surface area contributed by atoms with Gasteiger partial charge in [-0.05, 0) is 25.0 Å². The highest BCUT2D eigenvalue weighted by Gasteiger charge is 2.26. The minimum atomic E-state index is 0.676. The number of hydrogen-bond acceptors (Lipinski definition) is 2. The molecule has 3 nitrogen and oxygen atoms in total. The quantitative estimate of drug-likeness (QED) is 0.445. The molecule has 0 aromatic heterocycles. The molecule has 0 atom stereocenters. The van der Waals surface area contributed by atoms with E-state index in [-0.39, 0.29) is 0 Å². The monoisotopic (exact) mass is 237 g/mol. The first-order valence-corrected chi connectivity index (χ1v) is 6.37. The second kappa shape index (κ2) is 6.01. The van der Waals surface area contributed by atoms with E-state index < -0.39 is 0 Å². The zero-order valence-corrected chi connectivity index (χ0v) is 11.5.